The van der Waals surface area contributed by atoms with E-state index in [9.17, 15) is 18.0 Å². The van der Waals surface area contributed by atoms with Crippen molar-refractivity contribution in [2.24, 2.45) is 0 Å². The highest BCUT2D eigenvalue weighted by molar-refractivity contribution is 7.89. The van der Waals surface area contributed by atoms with Crippen LogP contribution in [-0.4, -0.2) is 63.0 Å². The Morgan fingerprint density at radius 2 is 1.86 bits per heavy atom. The summed E-state index contributed by atoms with van der Waals surface area (Å²) in [6.45, 7) is 2.97. The number of ether oxygens (including phenoxy) is 2. The van der Waals surface area contributed by atoms with Crippen molar-refractivity contribution in [1.29, 1.82) is 0 Å². The third kappa shape index (κ3) is 4.22. The summed E-state index contributed by atoms with van der Waals surface area (Å²) >= 11 is 1.01. The minimum absolute atomic E-state index is 0.115. The molecule has 0 bridgehead atoms. The number of carbonyl (C=O) groups excluding carboxylic acids is 2. The fourth-order valence-electron chi connectivity index (χ4n) is 2.62. The lowest BCUT2D eigenvalue weighted by atomic mass is 10.2. The van der Waals surface area contributed by atoms with Gasteiger partial charge in [0.15, 0.2) is 5.13 Å². The van der Waals surface area contributed by atoms with Crippen molar-refractivity contribution in [1.82, 2.24) is 9.29 Å². The van der Waals surface area contributed by atoms with Crippen LogP contribution >= 0.6 is 11.3 Å². The van der Waals surface area contributed by atoms with Gasteiger partial charge >= 0.3 is 5.97 Å². The second kappa shape index (κ2) is 8.35. The molecule has 28 heavy (non-hydrogen) atoms. The van der Waals surface area contributed by atoms with Gasteiger partial charge in [-0.05, 0) is 31.2 Å². The zero-order valence-corrected chi connectivity index (χ0v) is 16.9. The molecular weight excluding hydrogens is 406 g/mol. The summed E-state index contributed by atoms with van der Waals surface area (Å²) in [5.74, 6) is -0.978. The first kappa shape index (κ1) is 20.4. The summed E-state index contributed by atoms with van der Waals surface area (Å²) in [6.07, 6.45) is 0. The molecule has 1 aliphatic rings. The Balaban J connectivity index is 1.73. The number of rotatable bonds is 5. The van der Waals surface area contributed by atoms with E-state index in [1.807, 2.05) is 0 Å². The van der Waals surface area contributed by atoms with Crippen molar-refractivity contribution in [2.45, 2.75) is 11.8 Å². The third-order valence-corrected chi connectivity index (χ3v) is 7.08. The number of aryl methyl sites for hydroxylation is 1. The largest absolute Gasteiger partial charge is 0.465 e. The fourth-order valence-corrected chi connectivity index (χ4v) is 4.90. The third-order valence-electron chi connectivity index (χ3n) is 4.11. The van der Waals surface area contributed by atoms with Crippen molar-refractivity contribution in [2.75, 3.05) is 38.7 Å². The van der Waals surface area contributed by atoms with E-state index in [0.717, 1.165) is 11.3 Å². The van der Waals surface area contributed by atoms with Crippen LogP contribution in [0.4, 0.5) is 5.13 Å². The molecule has 2 heterocycles. The van der Waals surface area contributed by atoms with Crippen molar-refractivity contribution in [3.05, 3.63) is 40.4 Å². The Kier molecular flexibility index (Phi) is 6.08. The van der Waals surface area contributed by atoms with E-state index >= 15 is 0 Å². The molecule has 1 aromatic carbocycles. The van der Waals surface area contributed by atoms with Crippen LogP contribution in [0.1, 0.15) is 25.7 Å². The van der Waals surface area contributed by atoms with Gasteiger partial charge < -0.3 is 9.47 Å². The molecule has 11 heteroatoms. The molecule has 0 aliphatic carbocycles. The molecule has 1 N–H and O–H groups in total. The highest BCUT2D eigenvalue weighted by atomic mass is 32.2. The van der Waals surface area contributed by atoms with Crippen LogP contribution in [0.5, 0.6) is 0 Å². The van der Waals surface area contributed by atoms with Gasteiger partial charge in [-0.1, -0.05) is 11.3 Å². The van der Waals surface area contributed by atoms with Gasteiger partial charge in [0, 0.05) is 18.7 Å². The molecule has 3 rings (SSSR count). The molecule has 1 amide bonds. The van der Waals surface area contributed by atoms with Gasteiger partial charge in [0.05, 0.1) is 30.9 Å². The molecule has 2 aromatic rings. The average molecular weight is 425 g/mol. The average Bonchev–Trinajstić information content (AvgIpc) is 3.08. The van der Waals surface area contributed by atoms with Crippen LogP contribution in [-0.2, 0) is 19.5 Å². The van der Waals surface area contributed by atoms with Gasteiger partial charge in [-0.3, -0.25) is 10.1 Å². The van der Waals surface area contributed by atoms with Crippen molar-refractivity contribution in [3.63, 3.8) is 0 Å². The number of amides is 1. The molecule has 1 fully saturated rings. The number of sulfonamides is 1. The number of hydrogen-bond acceptors (Lipinski definition) is 8. The molecule has 0 saturated carbocycles. The first-order valence-electron chi connectivity index (χ1n) is 8.38. The molecule has 150 valence electrons. The van der Waals surface area contributed by atoms with Crippen LogP contribution in [0, 0.1) is 6.92 Å². The number of aromatic nitrogens is 1. The summed E-state index contributed by atoms with van der Waals surface area (Å²) < 4.78 is 36.4. The molecule has 0 spiro atoms. The predicted octanol–water partition coefficient (Wildman–Crippen LogP) is 1.51. The number of thiazole rings is 1. The molecule has 0 unspecified atom stereocenters. The lowest BCUT2D eigenvalue weighted by molar-refractivity contribution is 0.0605. The number of esters is 1. The predicted molar refractivity (Wildman–Crippen MR) is 102 cm³/mol. The number of nitrogens with zero attached hydrogens (tertiary/aromatic N) is 2. The van der Waals surface area contributed by atoms with Gasteiger partial charge in [0.1, 0.15) is 4.88 Å². The maximum atomic E-state index is 12.6. The summed E-state index contributed by atoms with van der Waals surface area (Å²) in [4.78, 5) is 28.6. The number of hydrogen-bond donors (Lipinski definition) is 1. The van der Waals surface area contributed by atoms with Crippen LogP contribution in [0.15, 0.2) is 29.2 Å². The first-order valence-corrected chi connectivity index (χ1v) is 10.6. The summed E-state index contributed by atoms with van der Waals surface area (Å²) in [5.41, 5.74) is 0.729. The quantitative estimate of drug-likeness (QED) is 0.722. The summed E-state index contributed by atoms with van der Waals surface area (Å²) in [7, 11) is -2.35. The highest BCUT2D eigenvalue weighted by Crippen LogP contribution is 2.24. The smallest absolute Gasteiger partial charge is 0.350 e. The Labute approximate surface area is 166 Å². The van der Waals surface area contributed by atoms with E-state index in [2.05, 4.69) is 15.0 Å². The topological polar surface area (TPSA) is 115 Å². The molecular formula is C17H19N3O6S2. The Morgan fingerprint density at radius 1 is 1.21 bits per heavy atom. The van der Waals surface area contributed by atoms with Crippen LogP contribution in [0.2, 0.25) is 0 Å². The number of morpholine rings is 1. The van der Waals surface area contributed by atoms with Crippen LogP contribution in [0.25, 0.3) is 0 Å². The second-order valence-electron chi connectivity index (χ2n) is 5.92. The molecule has 1 saturated heterocycles. The maximum Gasteiger partial charge on any atom is 0.350 e. The molecule has 1 aromatic heterocycles. The standard InChI is InChI=1S/C17H19N3O6S2/c1-11-14(16(22)25-2)27-17(18-11)19-15(21)12-3-5-13(6-4-12)28(23,24)20-7-9-26-10-8-20/h3-6H,7-10H2,1-2H3,(H,18,19,21). The second-order valence-corrected chi connectivity index (χ2v) is 8.86. The van der Waals surface area contributed by atoms with Crippen LogP contribution in [0.3, 0.4) is 0 Å². The van der Waals surface area contributed by atoms with Gasteiger partial charge in [0.2, 0.25) is 10.0 Å². The van der Waals surface area contributed by atoms with Crippen LogP contribution < -0.4 is 5.32 Å². The SMILES string of the molecule is COC(=O)c1sc(NC(=O)c2ccc(S(=O)(=O)N3CCOCC3)cc2)nc1C. The normalized spacial score (nSPS) is 15.2. The van der Waals surface area contributed by atoms with Gasteiger partial charge in [-0.2, -0.15) is 4.31 Å². The number of methoxy groups -OCH3 is 1. The zero-order chi connectivity index (χ0) is 20.3. The van der Waals surface area contributed by atoms with E-state index in [0.29, 0.717) is 36.9 Å². The first-order chi connectivity index (χ1) is 13.3. The van der Waals surface area contributed by atoms with E-state index < -0.39 is 21.9 Å². The maximum absolute atomic E-state index is 12.6. The molecule has 0 radical (unpaired) electrons. The highest BCUT2D eigenvalue weighted by Gasteiger charge is 2.26. The molecule has 0 atom stereocenters. The Morgan fingerprint density at radius 3 is 2.46 bits per heavy atom. The zero-order valence-electron chi connectivity index (χ0n) is 15.3. The van der Waals surface area contributed by atoms with E-state index in [1.54, 1.807) is 6.92 Å². The van der Waals surface area contributed by atoms with E-state index in [4.69, 9.17) is 4.74 Å². The molecule has 9 nitrogen and oxygen atoms in total. The summed E-state index contributed by atoms with van der Waals surface area (Å²) in [6, 6.07) is 5.66. The van der Waals surface area contributed by atoms with Gasteiger partial charge in [0.25, 0.3) is 5.91 Å². The van der Waals surface area contributed by atoms with E-state index in [-0.39, 0.29) is 15.6 Å². The van der Waals surface area contributed by atoms with Crippen molar-refractivity contribution < 1.29 is 27.5 Å². The lowest BCUT2D eigenvalue weighted by Gasteiger charge is -2.26. The summed E-state index contributed by atoms with van der Waals surface area (Å²) in [5, 5.41) is 2.86. The van der Waals surface area contributed by atoms with Gasteiger partial charge in [-0.15, -0.1) is 0 Å². The molecule has 1 aliphatic heterocycles. The minimum Gasteiger partial charge on any atom is -0.465 e. The Hall–Kier alpha value is -2.34. The fraction of sp³-hybridized carbons (Fsp3) is 0.353. The monoisotopic (exact) mass is 425 g/mol. The number of carbonyl (C=O) groups is 2. The van der Waals surface area contributed by atoms with E-state index in [1.165, 1.54) is 35.7 Å². The number of anilines is 1. The Bertz CT molecular complexity index is 979. The lowest BCUT2D eigenvalue weighted by Crippen LogP contribution is -2.40. The van der Waals surface area contributed by atoms with Gasteiger partial charge in [-0.25, -0.2) is 18.2 Å². The van der Waals surface area contributed by atoms with Crippen molar-refractivity contribution in [3.8, 4) is 0 Å². The number of nitrogens with one attached hydrogen (secondary N) is 1. The number of benzene rings is 1. The minimum atomic E-state index is -3.62. The van der Waals surface area contributed by atoms with Crippen molar-refractivity contribution >= 4 is 38.4 Å².